The molecule has 3 aromatic rings. The molecule has 0 radical (unpaired) electrons. The summed E-state index contributed by atoms with van der Waals surface area (Å²) < 4.78 is 38.8. The van der Waals surface area contributed by atoms with Crippen LogP contribution in [0.1, 0.15) is 11.1 Å². The highest BCUT2D eigenvalue weighted by molar-refractivity contribution is 6.15. The monoisotopic (exact) mass is 381 g/mol. The number of nitrogens with one attached hydrogen (secondary N) is 1. The first-order valence-electron chi connectivity index (χ1n) is 8.36. The van der Waals surface area contributed by atoms with Crippen LogP contribution in [0.3, 0.4) is 0 Å². The second kappa shape index (κ2) is 5.70. The van der Waals surface area contributed by atoms with E-state index in [-0.39, 0.29) is 4.59 Å². The highest BCUT2D eigenvalue weighted by atomic mass is 19.4. The summed E-state index contributed by atoms with van der Waals surface area (Å²) in [6.45, 7) is 0. The van der Waals surface area contributed by atoms with Gasteiger partial charge in [-0.3, -0.25) is 0 Å². The largest absolute Gasteiger partial charge is 0.416 e. The molecule has 0 fully saturated rings. The zero-order valence-electron chi connectivity index (χ0n) is 14.2. The van der Waals surface area contributed by atoms with E-state index in [0.717, 1.165) is 28.9 Å². The standard InChI is InChI=1S/C19H12F3N6/c20-19(21,22)13-4-6-14(7-5-13)28-16(2-1-3-17(28)25-11-27-28)12-8-15-18(23-9-12)26-10-24-15/h1-11H,(H,23,24,26)/q+1. The van der Waals surface area contributed by atoms with Gasteiger partial charge in [-0.05, 0) is 24.3 Å². The van der Waals surface area contributed by atoms with Crippen molar-refractivity contribution in [3.8, 4) is 0 Å². The maximum Gasteiger partial charge on any atom is 0.416 e. The Morgan fingerprint density at radius 2 is 1.86 bits per heavy atom. The lowest BCUT2D eigenvalue weighted by atomic mass is 10.1. The molecule has 1 aromatic carbocycles. The van der Waals surface area contributed by atoms with Crippen molar-refractivity contribution in [1.29, 1.82) is 0 Å². The van der Waals surface area contributed by atoms with Crippen molar-refractivity contribution in [3.63, 3.8) is 0 Å². The second-order valence-electron chi connectivity index (χ2n) is 6.31. The number of H-pyrrole nitrogens is 1. The summed E-state index contributed by atoms with van der Waals surface area (Å²) in [5.41, 5.74) is 2.64. The lowest BCUT2D eigenvalue weighted by Crippen LogP contribution is -2.46. The molecule has 0 amide bonds. The lowest BCUT2D eigenvalue weighted by Gasteiger charge is -2.31. The zero-order chi connectivity index (χ0) is 19.4. The van der Waals surface area contributed by atoms with Crippen molar-refractivity contribution in [1.82, 2.24) is 19.5 Å². The number of benzene rings is 1. The molecule has 1 unspecified atom stereocenters. The van der Waals surface area contributed by atoms with Crippen LogP contribution in [-0.4, -0.2) is 27.1 Å². The van der Waals surface area contributed by atoms with E-state index in [9.17, 15) is 13.2 Å². The van der Waals surface area contributed by atoms with Crippen molar-refractivity contribution >= 4 is 34.7 Å². The van der Waals surface area contributed by atoms with E-state index in [2.05, 4.69) is 25.0 Å². The number of hydrogen-bond acceptors (Lipinski definition) is 4. The molecule has 0 saturated heterocycles. The highest BCUT2D eigenvalue weighted by Gasteiger charge is 2.46. The van der Waals surface area contributed by atoms with Crippen LogP contribution in [0.4, 0.5) is 18.9 Å². The van der Waals surface area contributed by atoms with Gasteiger partial charge in [0.2, 0.25) is 0 Å². The first kappa shape index (κ1) is 16.6. The van der Waals surface area contributed by atoms with Crippen LogP contribution >= 0.6 is 0 Å². The Morgan fingerprint density at radius 1 is 1.04 bits per heavy atom. The molecule has 2 aromatic heterocycles. The Balaban J connectivity index is 1.68. The number of quaternary nitrogens is 1. The smallest absolute Gasteiger partial charge is 0.343 e. The first-order valence-corrected chi connectivity index (χ1v) is 8.36. The molecule has 0 aliphatic carbocycles. The molecule has 6 nitrogen and oxygen atoms in total. The zero-order valence-corrected chi connectivity index (χ0v) is 14.2. The van der Waals surface area contributed by atoms with E-state index in [4.69, 9.17) is 0 Å². The molecule has 0 saturated carbocycles. The van der Waals surface area contributed by atoms with Crippen LogP contribution < -0.4 is 4.59 Å². The van der Waals surface area contributed by atoms with Gasteiger partial charge in [0.1, 0.15) is 0 Å². The van der Waals surface area contributed by atoms with Gasteiger partial charge in [0.05, 0.1) is 23.0 Å². The molecule has 2 aliphatic heterocycles. The predicted octanol–water partition coefficient (Wildman–Crippen LogP) is 4.25. The van der Waals surface area contributed by atoms with Gasteiger partial charge in [0, 0.05) is 30.5 Å². The van der Waals surface area contributed by atoms with Crippen LogP contribution in [0.15, 0.2) is 71.2 Å². The number of allylic oxidation sites excluding steroid dienone is 2. The van der Waals surface area contributed by atoms with Gasteiger partial charge in [-0.25, -0.2) is 9.97 Å². The fraction of sp³-hybridized carbons (Fsp3) is 0.0526. The van der Waals surface area contributed by atoms with Crippen LogP contribution in [0, 0.1) is 0 Å². The van der Waals surface area contributed by atoms with E-state index in [1.165, 1.54) is 18.5 Å². The number of halogens is 3. The van der Waals surface area contributed by atoms with Crippen molar-refractivity contribution in [2.75, 3.05) is 0 Å². The summed E-state index contributed by atoms with van der Waals surface area (Å²) in [4.78, 5) is 15.8. The number of rotatable bonds is 2. The maximum absolute atomic E-state index is 13.0. The molecule has 5 rings (SSSR count). The average molecular weight is 381 g/mol. The second-order valence-corrected chi connectivity index (χ2v) is 6.31. The predicted molar refractivity (Wildman–Crippen MR) is 100 cm³/mol. The maximum atomic E-state index is 13.0. The van der Waals surface area contributed by atoms with Gasteiger partial charge in [-0.2, -0.15) is 18.2 Å². The fourth-order valence-electron chi connectivity index (χ4n) is 3.43. The SMILES string of the molecule is FC(F)(F)c1ccc([N+]23N=CN=C2C=CC=C3c2cnc3nc[nH]c3c2)cc1. The van der Waals surface area contributed by atoms with Crippen LogP contribution in [0.25, 0.3) is 16.9 Å². The molecule has 1 N–H and O–H groups in total. The summed E-state index contributed by atoms with van der Waals surface area (Å²) in [6.07, 6.45) is 5.72. The molecular formula is C19H12F3N6+. The number of alkyl halides is 3. The summed E-state index contributed by atoms with van der Waals surface area (Å²) in [6, 6.07) is 6.85. The molecule has 138 valence electrons. The fourth-order valence-corrected chi connectivity index (χ4v) is 3.43. The number of fused-ring (bicyclic) bond motifs is 2. The van der Waals surface area contributed by atoms with E-state index >= 15 is 0 Å². The minimum Gasteiger partial charge on any atom is -0.343 e. The quantitative estimate of drug-likeness (QED) is 0.675. The average Bonchev–Trinajstić information content (AvgIpc) is 3.33. The van der Waals surface area contributed by atoms with Gasteiger partial charge in [0.15, 0.2) is 23.4 Å². The number of pyridine rings is 1. The third kappa shape index (κ3) is 2.33. The number of imidazole rings is 1. The lowest BCUT2D eigenvalue weighted by molar-refractivity contribution is -0.137. The summed E-state index contributed by atoms with van der Waals surface area (Å²) >= 11 is 0. The van der Waals surface area contributed by atoms with E-state index < -0.39 is 11.7 Å². The third-order valence-corrected chi connectivity index (χ3v) is 4.73. The first-order chi connectivity index (χ1) is 13.5. The van der Waals surface area contributed by atoms with Crippen molar-refractivity contribution in [2.24, 2.45) is 10.1 Å². The third-order valence-electron chi connectivity index (χ3n) is 4.73. The summed E-state index contributed by atoms with van der Waals surface area (Å²) in [5.74, 6) is 0.585. The van der Waals surface area contributed by atoms with Crippen molar-refractivity contribution < 1.29 is 13.2 Å². The minimum absolute atomic E-state index is 0.157. The Bertz CT molecular complexity index is 1200. The van der Waals surface area contributed by atoms with E-state index in [1.54, 1.807) is 18.6 Å². The number of aliphatic imine (C=N–C) groups is 1. The molecular weight excluding hydrogens is 369 g/mol. The van der Waals surface area contributed by atoms with Crippen molar-refractivity contribution in [3.05, 3.63) is 72.2 Å². The Morgan fingerprint density at radius 3 is 2.64 bits per heavy atom. The number of hydrogen-bond donors (Lipinski definition) is 1. The molecule has 9 heteroatoms. The Kier molecular flexibility index (Phi) is 3.37. The van der Waals surface area contributed by atoms with Gasteiger partial charge in [-0.15, -0.1) is 0 Å². The molecule has 0 bridgehead atoms. The topological polar surface area (TPSA) is 66.3 Å². The molecule has 28 heavy (non-hydrogen) atoms. The van der Waals surface area contributed by atoms with Gasteiger partial charge in [0.25, 0.3) is 5.84 Å². The van der Waals surface area contributed by atoms with Gasteiger partial charge < -0.3 is 4.98 Å². The Hall–Kier alpha value is -3.59. The molecule has 0 spiro atoms. The van der Waals surface area contributed by atoms with Crippen LogP contribution in [0.2, 0.25) is 0 Å². The number of nitrogens with zero attached hydrogens (tertiary/aromatic N) is 5. The highest BCUT2D eigenvalue weighted by Crippen LogP contribution is 2.41. The van der Waals surface area contributed by atoms with Crippen LogP contribution in [-0.2, 0) is 6.18 Å². The molecule has 4 heterocycles. The van der Waals surface area contributed by atoms with Crippen LogP contribution in [0.5, 0.6) is 0 Å². The summed E-state index contributed by atoms with van der Waals surface area (Å²) in [7, 11) is 0. The Labute approximate surface area is 156 Å². The van der Waals surface area contributed by atoms with Gasteiger partial charge in [-0.1, -0.05) is 9.69 Å². The summed E-state index contributed by atoms with van der Waals surface area (Å²) in [5, 5.41) is 4.53. The van der Waals surface area contributed by atoms with Crippen molar-refractivity contribution in [2.45, 2.75) is 6.18 Å². The number of amidine groups is 1. The normalized spacial score (nSPS) is 21.0. The number of aromatic amines is 1. The van der Waals surface area contributed by atoms with E-state index in [1.807, 2.05) is 18.2 Å². The molecule has 2 aliphatic rings. The molecule has 1 atom stereocenters. The number of aromatic nitrogens is 3. The van der Waals surface area contributed by atoms with E-state index in [0.29, 0.717) is 17.2 Å². The minimum atomic E-state index is -4.40. The van der Waals surface area contributed by atoms with Gasteiger partial charge >= 0.3 is 6.18 Å².